The Balaban J connectivity index is 2.15. The summed E-state index contributed by atoms with van der Waals surface area (Å²) in [5.41, 5.74) is 0. The number of hydrogen-bond donors (Lipinski definition) is 0. The molecule has 1 aliphatic heterocycles. The molecule has 5 heteroatoms. The van der Waals surface area contributed by atoms with Crippen LogP contribution in [0, 0.1) is 5.82 Å². The molecule has 0 aliphatic carbocycles. The molecular weight excluding hydrogens is 238 g/mol. The van der Waals surface area contributed by atoms with Gasteiger partial charge in [-0.15, -0.1) is 11.6 Å². The highest BCUT2D eigenvalue weighted by Crippen LogP contribution is 2.24. The lowest BCUT2D eigenvalue weighted by atomic mass is 10.1. The van der Waals surface area contributed by atoms with Crippen molar-refractivity contribution >= 4 is 29.0 Å². The van der Waals surface area contributed by atoms with E-state index in [-0.39, 0.29) is 11.2 Å². The van der Waals surface area contributed by atoms with Gasteiger partial charge in [-0.2, -0.15) is 0 Å². The number of anilines is 1. The number of piperidine rings is 1. The molecule has 0 N–H and O–H groups in total. The maximum absolute atomic E-state index is 13.5. The van der Waals surface area contributed by atoms with Gasteiger partial charge >= 0.3 is 0 Å². The van der Waals surface area contributed by atoms with Crippen LogP contribution in [0.2, 0.25) is 5.02 Å². The van der Waals surface area contributed by atoms with Crippen LogP contribution >= 0.6 is 23.2 Å². The van der Waals surface area contributed by atoms with Crippen molar-refractivity contribution in [3.63, 3.8) is 0 Å². The van der Waals surface area contributed by atoms with Crippen molar-refractivity contribution in [2.24, 2.45) is 0 Å². The monoisotopic (exact) mass is 248 g/mol. The predicted octanol–water partition coefficient (Wildman–Crippen LogP) is 3.08. The summed E-state index contributed by atoms with van der Waals surface area (Å²) < 4.78 is 13.5. The van der Waals surface area contributed by atoms with Crippen LogP contribution in [0.3, 0.4) is 0 Å². The van der Waals surface area contributed by atoms with E-state index in [2.05, 4.69) is 4.98 Å². The van der Waals surface area contributed by atoms with E-state index in [1.54, 1.807) is 0 Å². The molecule has 1 aromatic rings. The maximum Gasteiger partial charge on any atom is 0.167 e. The normalized spacial score (nSPS) is 18.2. The van der Waals surface area contributed by atoms with Gasteiger partial charge in [0.1, 0.15) is 0 Å². The Morgan fingerprint density at radius 1 is 1.40 bits per heavy atom. The van der Waals surface area contributed by atoms with Gasteiger partial charge in [-0.3, -0.25) is 0 Å². The van der Waals surface area contributed by atoms with Gasteiger partial charge < -0.3 is 4.90 Å². The summed E-state index contributed by atoms with van der Waals surface area (Å²) in [6, 6.07) is 1.29. The highest BCUT2D eigenvalue weighted by atomic mass is 35.5. The minimum atomic E-state index is -0.365. The Morgan fingerprint density at radius 3 is 2.67 bits per heavy atom. The predicted molar refractivity (Wildman–Crippen MR) is 60.3 cm³/mol. The molecule has 1 aliphatic rings. The van der Waals surface area contributed by atoms with Gasteiger partial charge in [0, 0.05) is 24.7 Å². The second-order valence-corrected chi connectivity index (χ2v) is 4.67. The zero-order chi connectivity index (χ0) is 10.8. The van der Waals surface area contributed by atoms with Crippen LogP contribution in [0.5, 0.6) is 0 Å². The molecule has 82 valence electrons. The van der Waals surface area contributed by atoms with Gasteiger partial charge in [0.15, 0.2) is 11.6 Å². The summed E-state index contributed by atoms with van der Waals surface area (Å²) in [7, 11) is 0. The van der Waals surface area contributed by atoms with Gasteiger partial charge in [0.05, 0.1) is 5.02 Å². The highest BCUT2D eigenvalue weighted by molar-refractivity contribution is 6.30. The third-order valence-electron chi connectivity index (χ3n) is 2.51. The fourth-order valence-electron chi connectivity index (χ4n) is 1.70. The van der Waals surface area contributed by atoms with Crippen LogP contribution in [-0.2, 0) is 0 Å². The van der Waals surface area contributed by atoms with Crippen LogP contribution in [0.15, 0.2) is 12.3 Å². The maximum atomic E-state index is 13.5. The summed E-state index contributed by atoms with van der Waals surface area (Å²) in [4.78, 5) is 5.91. The van der Waals surface area contributed by atoms with Crippen molar-refractivity contribution < 1.29 is 4.39 Å². The molecule has 0 aromatic carbocycles. The Labute approximate surface area is 98.0 Å². The summed E-state index contributed by atoms with van der Waals surface area (Å²) in [6.45, 7) is 1.50. The van der Waals surface area contributed by atoms with Gasteiger partial charge in [-0.05, 0) is 18.9 Å². The summed E-state index contributed by atoms with van der Waals surface area (Å²) in [5.74, 6) is 0.0125. The van der Waals surface area contributed by atoms with Crippen molar-refractivity contribution in [3.05, 3.63) is 23.1 Å². The van der Waals surface area contributed by atoms with E-state index < -0.39 is 0 Å². The first kappa shape index (κ1) is 11.0. The van der Waals surface area contributed by atoms with Gasteiger partial charge in [0.25, 0.3) is 0 Å². The Hall–Kier alpha value is -0.540. The molecular formula is C10H11Cl2FN2. The number of rotatable bonds is 1. The van der Waals surface area contributed by atoms with Gasteiger partial charge in [-0.1, -0.05) is 11.6 Å². The Bertz CT molecular complexity index is 351. The van der Waals surface area contributed by atoms with E-state index in [0.29, 0.717) is 10.8 Å². The fraction of sp³-hybridized carbons (Fsp3) is 0.500. The second-order valence-electron chi connectivity index (χ2n) is 3.62. The number of aromatic nitrogens is 1. The molecule has 0 radical (unpaired) electrons. The highest BCUT2D eigenvalue weighted by Gasteiger charge is 2.20. The molecule has 0 saturated carbocycles. The molecule has 2 heterocycles. The van der Waals surface area contributed by atoms with Gasteiger partial charge in [0.2, 0.25) is 0 Å². The number of hydrogen-bond acceptors (Lipinski definition) is 2. The smallest absolute Gasteiger partial charge is 0.167 e. The Kier molecular flexibility index (Phi) is 3.32. The molecule has 1 aromatic heterocycles. The van der Waals surface area contributed by atoms with Crippen LogP contribution in [0.1, 0.15) is 12.8 Å². The van der Waals surface area contributed by atoms with Crippen LogP contribution < -0.4 is 4.90 Å². The SMILES string of the molecule is Fc1cc(Cl)cnc1N1CCC(Cl)CC1. The lowest BCUT2D eigenvalue weighted by Gasteiger charge is -2.30. The first-order chi connectivity index (χ1) is 7.16. The molecule has 2 rings (SSSR count). The van der Waals surface area contributed by atoms with Gasteiger partial charge in [-0.25, -0.2) is 9.37 Å². The van der Waals surface area contributed by atoms with Crippen LogP contribution in [0.25, 0.3) is 0 Å². The van der Waals surface area contributed by atoms with Crippen molar-refractivity contribution in [2.75, 3.05) is 18.0 Å². The molecule has 0 spiro atoms. The van der Waals surface area contributed by atoms with Crippen LogP contribution in [0.4, 0.5) is 10.2 Å². The third-order valence-corrected chi connectivity index (χ3v) is 3.16. The minimum absolute atomic E-state index is 0.205. The quantitative estimate of drug-likeness (QED) is 0.711. The molecule has 1 fully saturated rings. The average molecular weight is 249 g/mol. The second kappa shape index (κ2) is 4.54. The van der Waals surface area contributed by atoms with Crippen molar-refractivity contribution in [2.45, 2.75) is 18.2 Å². The van der Waals surface area contributed by atoms with Crippen molar-refractivity contribution in [1.82, 2.24) is 4.98 Å². The number of pyridine rings is 1. The van der Waals surface area contributed by atoms with E-state index >= 15 is 0 Å². The molecule has 0 atom stereocenters. The number of alkyl halides is 1. The van der Waals surface area contributed by atoms with Crippen molar-refractivity contribution in [3.8, 4) is 0 Å². The largest absolute Gasteiger partial charge is 0.354 e. The lowest BCUT2D eigenvalue weighted by Crippen LogP contribution is -2.35. The van der Waals surface area contributed by atoms with E-state index in [0.717, 1.165) is 25.9 Å². The standard InChI is InChI=1S/C10H11Cl2FN2/c11-7-1-3-15(4-2-7)10-9(13)5-8(12)6-14-10/h5-7H,1-4H2. The molecule has 0 amide bonds. The first-order valence-corrected chi connectivity index (χ1v) is 5.68. The van der Waals surface area contributed by atoms with E-state index in [4.69, 9.17) is 23.2 Å². The molecule has 0 bridgehead atoms. The zero-order valence-corrected chi connectivity index (χ0v) is 9.60. The van der Waals surface area contributed by atoms with E-state index in [9.17, 15) is 4.39 Å². The molecule has 15 heavy (non-hydrogen) atoms. The first-order valence-electron chi connectivity index (χ1n) is 4.87. The lowest BCUT2D eigenvalue weighted by molar-refractivity contribution is 0.554. The third kappa shape index (κ3) is 2.52. The fourth-order valence-corrected chi connectivity index (χ4v) is 2.04. The number of halogens is 3. The summed E-state index contributed by atoms with van der Waals surface area (Å²) in [6.07, 6.45) is 3.20. The molecule has 0 unspecified atom stereocenters. The summed E-state index contributed by atoms with van der Waals surface area (Å²) in [5, 5.41) is 0.528. The van der Waals surface area contributed by atoms with Crippen molar-refractivity contribution in [1.29, 1.82) is 0 Å². The average Bonchev–Trinajstić information content (AvgIpc) is 2.20. The van der Waals surface area contributed by atoms with Crippen LogP contribution in [-0.4, -0.2) is 23.5 Å². The summed E-state index contributed by atoms with van der Waals surface area (Å²) >= 11 is 11.6. The minimum Gasteiger partial charge on any atom is -0.354 e. The Morgan fingerprint density at radius 2 is 2.07 bits per heavy atom. The van der Waals surface area contributed by atoms with E-state index in [1.165, 1.54) is 12.3 Å². The topological polar surface area (TPSA) is 16.1 Å². The number of nitrogens with zero attached hydrogens (tertiary/aromatic N) is 2. The zero-order valence-electron chi connectivity index (χ0n) is 8.09. The molecule has 1 saturated heterocycles. The van der Waals surface area contributed by atoms with E-state index in [1.807, 2.05) is 4.90 Å². The molecule has 2 nitrogen and oxygen atoms in total.